The van der Waals surface area contributed by atoms with Crippen molar-refractivity contribution in [1.29, 1.82) is 0 Å². The molecule has 29 heavy (non-hydrogen) atoms. The molecule has 0 aromatic heterocycles. The van der Waals surface area contributed by atoms with Crippen molar-refractivity contribution in [3.63, 3.8) is 0 Å². The van der Waals surface area contributed by atoms with E-state index < -0.39 is 0 Å². The maximum Gasteiger partial charge on any atom is 0.237 e. The lowest BCUT2D eigenvalue weighted by Crippen LogP contribution is -2.48. The van der Waals surface area contributed by atoms with Gasteiger partial charge >= 0.3 is 0 Å². The van der Waals surface area contributed by atoms with Crippen molar-refractivity contribution in [2.75, 3.05) is 39.8 Å². The summed E-state index contributed by atoms with van der Waals surface area (Å²) in [5.41, 5.74) is 1.22. The van der Waals surface area contributed by atoms with E-state index in [4.69, 9.17) is 0 Å². The van der Waals surface area contributed by atoms with Crippen molar-refractivity contribution < 1.29 is 9.59 Å². The number of carbonyl (C=O) groups is 2. The molecule has 2 unspecified atom stereocenters. The van der Waals surface area contributed by atoms with E-state index in [9.17, 15) is 9.59 Å². The van der Waals surface area contributed by atoms with Crippen molar-refractivity contribution in [1.82, 2.24) is 20.4 Å². The lowest BCUT2D eigenvalue weighted by Gasteiger charge is -2.34. The van der Waals surface area contributed by atoms with Gasteiger partial charge < -0.3 is 15.5 Å². The molecular weight excluding hydrogens is 411 g/mol. The number of halogens is 2. The lowest BCUT2D eigenvalue weighted by atomic mass is 9.97. The minimum atomic E-state index is -0.0297. The van der Waals surface area contributed by atoms with Gasteiger partial charge in [-0.3, -0.25) is 14.5 Å². The van der Waals surface area contributed by atoms with E-state index in [1.165, 1.54) is 5.56 Å². The van der Waals surface area contributed by atoms with Gasteiger partial charge in [-0.05, 0) is 50.8 Å². The molecule has 1 aromatic rings. The molecule has 2 N–H and O–H groups in total. The number of amides is 2. The number of likely N-dealkylation sites (tertiary alicyclic amines) is 1. The van der Waals surface area contributed by atoms with Crippen molar-refractivity contribution in [2.24, 2.45) is 5.92 Å². The van der Waals surface area contributed by atoms with Gasteiger partial charge in [0.15, 0.2) is 0 Å². The lowest BCUT2D eigenvalue weighted by molar-refractivity contribution is -0.134. The van der Waals surface area contributed by atoms with Crippen LogP contribution in [0.4, 0.5) is 0 Å². The first kappa shape index (κ1) is 25.7. The minimum absolute atomic E-state index is 0. The third kappa shape index (κ3) is 8.13. The Balaban J connectivity index is 0.00000210. The molecule has 2 aliphatic rings. The number of hydrogen-bond donors (Lipinski definition) is 2. The Hall–Kier alpha value is -1.34. The fourth-order valence-corrected chi connectivity index (χ4v) is 4.02. The Kier molecular flexibility index (Phi) is 11.6. The fourth-order valence-electron chi connectivity index (χ4n) is 4.02. The third-order valence-electron chi connectivity index (χ3n) is 5.51. The van der Waals surface area contributed by atoms with Crippen LogP contribution in [-0.4, -0.2) is 67.4 Å². The number of benzene rings is 1. The van der Waals surface area contributed by atoms with Crippen LogP contribution in [0.15, 0.2) is 30.3 Å². The second kappa shape index (κ2) is 13.1. The Bertz CT molecular complexity index is 626. The van der Waals surface area contributed by atoms with Gasteiger partial charge in [0.1, 0.15) is 0 Å². The standard InChI is InChI=1S/C21H32N4O2.2ClH/c1-24(14-17-7-3-2-4-8-17)16-20(26)25-12-6-9-18(15-25)13-23-21(27)19-10-5-11-22-19;;/h2-4,7-8,18-19,22H,5-6,9-16H2,1H3,(H,23,27);2*1H. The van der Waals surface area contributed by atoms with Gasteiger partial charge in [-0.15, -0.1) is 24.8 Å². The predicted molar refractivity (Wildman–Crippen MR) is 121 cm³/mol. The second-order valence-corrected chi connectivity index (χ2v) is 7.90. The van der Waals surface area contributed by atoms with Crippen LogP contribution >= 0.6 is 24.8 Å². The molecule has 2 heterocycles. The van der Waals surface area contributed by atoms with Crippen LogP contribution < -0.4 is 10.6 Å². The molecule has 6 nitrogen and oxygen atoms in total. The zero-order chi connectivity index (χ0) is 19.1. The van der Waals surface area contributed by atoms with Crippen molar-refractivity contribution in [2.45, 2.75) is 38.3 Å². The summed E-state index contributed by atoms with van der Waals surface area (Å²) in [6.07, 6.45) is 4.08. The summed E-state index contributed by atoms with van der Waals surface area (Å²) in [4.78, 5) is 28.9. The van der Waals surface area contributed by atoms with Crippen molar-refractivity contribution in [3.8, 4) is 0 Å². The number of nitrogens with zero attached hydrogens (tertiary/aromatic N) is 2. The summed E-state index contributed by atoms with van der Waals surface area (Å²) in [6, 6.07) is 10.2. The molecular formula is C21H34Cl2N4O2. The van der Waals surface area contributed by atoms with Crippen LogP contribution in [0.25, 0.3) is 0 Å². The van der Waals surface area contributed by atoms with E-state index in [-0.39, 0.29) is 42.7 Å². The molecule has 164 valence electrons. The molecule has 3 rings (SSSR count). The van der Waals surface area contributed by atoms with E-state index in [0.29, 0.717) is 19.0 Å². The Morgan fingerprint density at radius 2 is 1.93 bits per heavy atom. The van der Waals surface area contributed by atoms with Gasteiger partial charge in [-0.2, -0.15) is 0 Å². The van der Waals surface area contributed by atoms with Gasteiger partial charge in [0.05, 0.1) is 12.6 Å². The summed E-state index contributed by atoms with van der Waals surface area (Å²) < 4.78 is 0. The summed E-state index contributed by atoms with van der Waals surface area (Å²) >= 11 is 0. The number of nitrogens with one attached hydrogen (secondary N) is 2. The van der Waals surface area contributed by atoms with Gasteiger partial charge in [-0.25, -0.2) is 0 Å². The molecule has 0 spiro atoms. The molecule has 2 aliphatic heterocycles. The molecule has 0 radical (unpaired) electrons. The largest absolute Gasteiger partial charge is 0.354 e. The molecule has 2 amide bonds. The van der Waals surface area contributed by atoms with Crippen LogP contribution in [0.1, 0.15) is 31.2 Å². The van der Waals surface area contributed by atoms with Crippen LogP contribution in [0.2, 0.25) is 0 Å². The third-order valence-corrected chi connectivity index (χ3v) is 5.51. The van der Waals surface area contributed by atoms with E-state index in [2.05, 4.69) is 27.7 Å². The number of carbonyl (C=O) groups excluding carboxylic acids is 2. The predicted octanol–water partition coefficient (Wildman–Crippen LogP) is 2.07. The highest BCUT2D eigenvalue weighted by Crippen LogP contribution is 2.16. The average Bonchev–Trinajstić information content (AvgIpc) is 3.22. The van der Waals surface area contributed by atoms with Gasteiger partial charge in [0, 0.05) is 26.2 Å². The zero-order valence-corrected chi connectivity index (χ0v) is 18.8. The highest BCUT2D eigenvalue weighted by atomic mass is 35.5. The number of rotatable bonds is 7. The van der Waals surface area contributed by atoms with E-state index in [1.807, 2.05) is 30.1 Å². The number of hydrogen-bond acceptors (Lipinski definition) is 4. The van der Waals surface area contributed by atoms with E-state index >= 15 is 0 Å². The molecule has 0 aliphatic carbocycles. The molecule has 0 saturated carbocycles. The van der Waals surface area contributed by atoms with Crippen LogP contribution in [0, 0.1) is 5.92 Å². The minimum Gasteiger partial charge on any atom is -0.354 e. The molecule has 2 atom stereocenters. The van der Waals surface area contributed by atoms with Crippen molar-refractivity contribution >= 4 is 36.6 Å². The second-order valence-electron chi connectivity index (χ2n) is 7.90. The highest BCUT2D eigenvalue weighted by molar-refractivity contribution is 5.85. The Morgan fingerprint density at radius 3 is 2.62 bits per heavy atom. The molecule has 8 heteroatoms. The summed E-state index contributed by atoms with van der Waals surface area (Å²) in [5.74, 6) is 0.646. The SMILES string of the molecule is CN(CC(=O)N1CCCC(CNC(=O)C2CCCN2)C1)Cc1ccccc1.Cl.Cl. The van der Waals surface area contributed by atoms with Gasteiger partial charge in [0.2, 0.25) is 11.8 Å². The van der Waals surface area contributed by atoms with Crippen LogP contribution in [0.5, 0.6) is 0 Å². The molecule has 2 saturated heterocycles. The first-order valence-corrected chi connectivity index (χ1v) is 10.1. The van der Waals surface area contributed by atoms with Crippen LogP contribution in [0.3, 0.4) is 0 Å². The van der Waals surface area contributed by atoms with Gasteiger partial charge in [0.25, 0.3) is 0 Å². The topological polar surface area (TPSA) is 64.7 Å². The van der Waals surface area contributed by atoms with Gasteiger partial charge in [-0.1, -0.05) is 30.3 Å². The Morgan fingerprint density at radius 1 is 1.17 bits per heavy atom. The van der Waals surface area contributed by atoms with Crippen molar-refractivity contribution in [3.05, 3.63) is 35.9 Å². The Labute approximate surface area is 186 Å². The maximum absolute atomic E-state index is 12.7. The number of likely N-dealkylation sites (N-methyl/N-ethyl adjacent to an activating group) is 1. The zero-order valence-electron chi connectivity index (χ0n) is 17.1. The van der Waals surface area contributed by atoms with E-state index in [1.54, 1.807) is 0 Å². The molecule has 2 fully saturated rings. The summed E-state index contributed by atoms with van der Waals surface area (Å²) in [6.45, 7) is 4.37. The summed E-state index contributed by atoms with van der Waals surface area (Å²) in [7, 11) is 1.99. The first-order valence-electron chi connectivity index (χ1n) is 10.1. The molecule has 0 bridgehead atoms. The average molecular weight is 445 g/mol. The maximum atomic E-state index is 12.7. The highest BCUT2D eigenvalue weighted by Gasteiger charge is 2.26. The van der Waals surface area contributed by atoms with Crippen LogP contribution in [-0.2, 0) is 16.1 Å². The fraction of sp³-hybridized carbons (Fsp3) is 0.619. The smallest absolute Gasteiger partial charge is 0.237 e. The first-order chi connectivity index (χ1) is 13.1. The van der Waals surface area contributed by atoms with E-state index in [0.717, 1.165) is 51.9 Å². The molecule has 1 aromatic carbocycles. The monoisotopic (exact) mass is 444 g/mol. The number of piperidine rings is 1. The normalized spacial score (nSPS) is 21.2. The summed E-state index contributed by atoms with van der Waals surface area (Å²) in [5, 5.41) is 6.31. The quantitative estimate of drug-likeness (QED) is 0.675.